The highest BCUT2D eigenvalue weighted by atomic mass is 32.2. The quantitative estimate of drug-likeness (QED) is 0.904. The molecular formula is C18H26N2O3S. The van der Waals surface area contributed by atoms with Crippen molar-refractivity contribution in [3.63, 3.8) is 0 Å². The van der Waals surface area contributed by atoms with E-state index in [1.165, 1.54) is 21.9 Å². The molecule has 0 bridgehead atoms. The second-order valence-corrected chi connectivity index (χ2v) is 8.65. The zero-order chi connectivity index (χ0) is 17.2. The smallest absolute Gasteiger partial charge is 0.243 e. The van der Waals surface area contributed by atoms with Gasteiger partial charge < -0.3 is 5.32 Å². The van der Waals surface area contributed by atoms with Gasteiger partial charge >= 0.3 is 0 Å². The van der Waals surface area contributed by atoms with Crippen LogP contribution in [0.2, 0.25) is 0 Å². The van der Waals surface area contributed by atoms with E-state index in [1.807, 2.05) is 19.1 Å². The summed E-state index contributed by atoms with van der Waals surface area (Å²) in [4.78, 5) is 12.3. The molecule has 24 heavy (non-hydrogen) atoms. The Balaban J connectivity index is 1.71. The average Bonchev–Trinajstić information content (AvgIpc) is 2.61. The van der Waals surface area contributed by atoms with Crippen molar-refractivity contribution in [1.29, 1.82) is 0 Å². The largest absolute Gasteiger partial charge is 0.356 e. The van der Waals surface area contributed by atoms with Gasteiger partial charge in [0.15, 0.2) is 0 Å². The second-order valence-electron chi connectivity index (χ2n) is 6.71. The summed E-state index contributed by atoms with van der Waals surface area (Å²) in [5, 5.41) is 2.83. The van der Waals surface area contributed by atoms with Crippen LogP contribution in [0.4, 0.5) is 0 Å². The summed E-state index contributed by atoms with van der Waals surface area (Å²) < 4.78 is 27.3. The highest BCUT2D eigenvalue weighted by molar-refractivity contribution is 7.89. The Labute approximate surface area is 144 Å². The van der Waals surface area contributed by atoms with Gasteiger partial charge in [-0.25, -0.2) is 8.42 Å². The standard InChI is InChI=1S/C18H26N2O3S/c1-2-19-18(21)15-9-11-20(12-10-15)24(22,23)17-8-7-14-5-3-4-6-16(14)13-17/h7-8,13,15H,2-6,9-12H2,1H3,(H,19,21). The maximum absolute atomic E-state index is 12.9. The Kier molecular flexibility index (Phi) is 5.25. The Morgan fingerprint density at radius 1 is 1.17 bits per heavy atom. The third kappa shape index (κ3) is 3.49. The molecule has 0 radical (unpaired) electrons. The number of benzene rings is 1. The summed E-state index contributed by atoms with van der Waals surface area (Å²) in [6.07, 6.45) is 5.53. The van der Waals surface area contributed by atoms with Crippen LogP contribution >= 0.6 is 0 Å². The molecule has 2 aliphatic rings. The molecule has 1 heterocycles. The molecule has 132 valence electrons. The molecular weight excluding hydrogens is 324 g/mol. The average molecular weight is 350 g/mol. The number of carbonyl (C=O) groups is 1. The van der Waals surface area contributed by atoms with E-state index in [2.05, 4.69) is 5.32 Å². The molecule has 1 aromatic rings. The van der Waals surface area contributed by atoms with Crippen LogP contribution in [0.25, 0.3) is 0 Å². The summed E-state index contributed by atoms with van der Waals surface area (Å²) >= 11 is 0. The van der Waals surface area contributed by atoms with E-state index in [0.717, 1.165) is 19.3 Å². The van der Waals surface area contributed by atoms with Gasteiger partial charge in [-0.2, -0.15) is 4.31 Å². The molecule has 3 rings (SSSR count). The van der Waals surface area contributed by atoms with E-state index < -0.39 is 10.0 Å². The summed E-state index contributed by atoms with van der Waals surface area (Å²) in [6.45, 7) is 3.35. The molecule has 0 unspecified atom stereocenters. The lowest BCUT2D eigenvalue weighted by Gasteiger charge is -2.30. The number of hydrogen-bond donors (Lipinski definition) is 1. The van der Waals surface area contributed by atoms with Crippen LogP contribution in [0.1, 0.15) is 43.7 Å². The number of rotatable bonds is 4. The molecule has 1 saturated heterocycles. The molecule has 1 amide bonds. The molecule has 0 aromatic heterocycles. The van der Waals surface area contributed by atoms with Crippen molar-refractivity contribution in [2.45, 2.75) is 50.3 Å². The minimum absolute atomic E-state index is 0.0447. The fourth-order valence-corrected chi connectivity index (χ4v) is 5.22. The molecule has 0 spiro atoms. The van der Waals surface area contributed by atoms with Crippen LogP contribution in [-0.4, -0.2) is 38.3 Å². The summed E-state index contributed by atoms with van der Waals surface area (Å²) in [6, 6.07) is 5.58. The van der Waals surface area contributed by atoms with Crippen molar-refractivity contribution >= 4 is 15.9 Å². The van der Waals surface area contributed by atoms with Gasteiger partial charge in [0.1, 0.15) is 0 Å². The fourth-order valence-electron chi connectivity index (χ4n) is 3.70. The lowest BCUT2D eigenvalue weighted by Crippen LogP contribution is -2.43. The first kappa shape index (κ1) is 17.4. The van der Waals surface area contributed by atoms with Crippen LogP contribution in [0, 0.1) is 5.92 Å². The third-order valence-corrected chi connectivity index (χ3v) is 7.03. The molecule has 0 saturated carbocycles. The van der Waals surface area contributed by atoms with E-state index in [9.17, 15) is 13.2 Å². The zero-order valence-corrected chi connectivity index (χ0v) is 15.1. The SMILES string of the molecule is CCNC(=O)C1CCN(S(=O)(=O)c2ccc3c(c2)CCCC3)CC1. The molecule has 1 aromatic carbocycles. The molecule has 5 nitrogen and oxygen atoms in total. The van der Waals surface area contributed by atoms with E-state index in [0.29, 0.717) is 37.4 Å². The van der Waals surface area contributed by atoms with Crippen molar-refractivity contribution in [2.75, 3.05) is 19.6 Å². The summed E-state index contributed by atoms with van der Waals surface area (Å²) in [5.41, 5.74) is 2.47. The topological polar surface area (TPSA) is 66.5 Å². The first-order chi connectivity index (χ1) is 11.5. The molecule has 1 aliphatic carbocycles. The summed E-state index contributed by atoms with van der Waals surface area (Å²) in [7, 11) is -3.46. The van der Waals surface area contributed by atoms with Crippen LogP contribution in [0.3, 0.4) is 0 Å². The lowest BCUT2D eigenvalue weighted by molar-refractivity contribution is -0.126. The lowest BCUT2D eigenvalue weighted by atomic mass is 9.92. The number of nitrogens with one attached hydrogen (secondary N) is 1. The third-order valence-electron chi connectivity index (χ3n) is 5.13. The Bertz CT molecular complexity index is 707. The van der Waals surface area contributed by atoms with Gasteiger partial charge in [-0.3, -0.25) is 4.79 Å². The monoisotopic (exact) mass is 350 g/mol. The predicted octanol–water partition coefficient (Wildman–Crippen LogP) is 2.10. The van der Waals surface area contributed by atoms with Crippen LogP contribution in [-0.2, 0) is 27.7 Å². The number of nitrogens with zero attached hydrogens (tertiary/aromatic N) is 1. The van der Waals surface area contributed by atoms with Gasteiger partial charge in [-0.15, -0.1) is 0 Å². The van der Waals surface area contributed by atoms with Crippen LogP contribution in [0.15, 0.2) is 23.1 Å². The maximum Gasteiger partial charge on any atom is 0.243 e. The van der Waals surface area contributed by atoms with Gasteiger partial charge in [0.25, 0.3) is 0 Å². The minimum Gasteiger partial charge on any atom is -0.356 e. The van der Waals surface area contributed by atoms with Crippen molar-refractivity contribution in [3.8, 4) is 0 Å². The van der Waals surface area contributed by atoms with Crippen molar-refractivity contribution in [3.05, 3.63) is 29.3 Å². The molecule has 1 fully saturated rings. The second kappa shape index (κ2) is 7.23. The van der Waals surface area contributed by atoms with Crippen molar-refractivity contribution in [2.24, 2.45) is 5.92 Å². The van der Waals surface area contributed by atoms with Gasteiger partial charge in [0.2, 0.25) is 15.9 Å². The van der Waals surface area contributed by atoms with Crippen molar-refractivity contribution < 1.29 is 13.2 Å². The van der Waals surface area contributed by atoms with E-state index in [1.54, 1.807) is 6.07 Å². The Morgan fingerprint density at radius 3 is 2.50 bits per heavy atom. The highest BCUT2D eigenvalue weighted by Gasteiger charge is 2.32. The molecule has 6 heteroatoms. The number of piperidine rings is 1. The maximum atomic E-state index is 12.9. The Hall–Kier alpha value is -1.40. The number of hydrogen-bond acceptors (Lipinski definition) is 3. The van der Waals surface area contributed by atoms with Gasteiger partial charge in [0.05, 0.1) is 4.90 Å². The predicted molar refractivity (Wildman–Crippen MR) is 93.3 cm³/mol. The van der Waals surface area contributed by atoms with Gasteiger partial charge in [-0.1, -0.05) is 6.07 Å². The normalized spacial score (nSPS) is 19.7. The first-order valence-electron chi connectivity index (χ1n) is 8.92. The number of aryl methyl sites for hydroxylation is 2. The molecule has 0 atom stereocenters. The number of sulfonamides is 1. The minimum atomic E-state index is -3.46. The zero-order valence-electron chi connectivity index (χ0n) is 14.3. The first-order valence-corrected chi connectivity index (χ1v) is 10.4. The molecule has 1 aliphatic heterocycles. The van der Waals surface area contributed by atoms with E-state index >= 15 is 0 Å². The number of amides is 1. The summed E-state index contributed by atoms with van der Waals surface area (Å²) in [5.74, 6) is -0.0248. The number of fused-ring (bicyclic) bond motifs is 1. The van der Waals surface area contributed by atoms with Crippen molar-refractivity contribution in [1.82, 2.24) is 9.62 Å². The van der Waals surface area contributed by atoms with Crippen LogP contribution in [0.5, 0.6) is 0 Å². The van der Waals surface area contributed by atoms with Gasteiger partial charge in [0, 0.05) is 25.6 Å². The van der Waals surface area contributed by atoms with Crippen LogP contribution < -0.4 is 5.32 Å². The van der Waals surface area contributed by atoms with E-state index in [-0.39, 0.29) is 11.8 Å². The Morgan fingerprint density at radius 2 is 1.83 bits per heavy atom. The van der Waals surface area contributed by atoms with Gasteiger partial charge in [-0.05, 0) is 68.7 Å². The highest BCUT2D eigenvalue weighted by Crippen LogP contribution is 2.28. The fraction of sp³-hybridized carbons (Fsp3) is 0.611. The number of carbonyl (C=O) groups excluding carboxylic acids is 1. The van der Waals surface area contributed by atoms with E-state index in [4.69, 9.17) is 0 Å². The molecule has 1 N–H and O–H groups in total.